The van der Waals surface area contributed by atoms with E-state index in [4.69, 9.17) is 26.3 Å². The van der Waals surface area contributed by atoms with Gasteiger partial charge < -0.3 is 12.3 Å². The molecule has 0 aromatic rings. The Morgan fingerprint density at radius 1 is 1.00 bits per heavy atom. The van der Waals surface area contributed by atoms with Gasteiger partial charge in [0.25, 0.3) is 0 Å². The molecule has 0 aliphatic heterocycles. The van der Waals surface area contributed by atoms with Gasteiger partial charge in [0, 0.05) is 0 Å². The lowest BCUT2D eigenvalue weighted by molar-refractivity contribution is 0.426. The van der Waals surface area contributed by atoms with E-state index in [2.05, 4.69) is 29.2 Å². The van der Waals surface area contributed by atoms with Crippen LogP contribution in [0, 0.1) is 0 Å². The van der Waals surface area contributed by atoms with Crippen molar-refractivity contribution >= 4 is 60.3 Å². The smallest absolute Gasteiger partial charge is 0.424 e. The first-order valence-electron chi connectivity index (χ1n) is 1.60. The molecule has 0 bridgehead atoms. The van der Waals surface area contributed by atoms with E-state index < -0.39 is 17.2 Å². The van der Waals surface area contributed by atoms with Crippen LogP contribution < -0.4 is 0 Å². The summed E-state index contributed by atoms with van der Waals surface area (Å²) in [6.45, 7) is 0. The lowest BCUT2D eigenvalue weighted by atomic mass is 15.7. The fourth-order valence-corrected chi connectivity index (χ4v) is 3.31. The summed E-state index contributed by atoms with van der Waals surface area (Å²) in [5, 5.41) is 0. The van der Waals surface area contributed by atoms with Crippen molar-refractivity contribution in [1.29, 1.82) is 0 Å². The summed E-state index contributed by atoms with van der Waals surface area (Å²) in [7, 11) is 1.79. The average Bonchev–Trinajstić information content (AvgIpc) is 1.87. The SMILES string of the molecule is [Si]O[Si](Cl)O[Si](Cl)O[Si]. The van der Waals surface area contributed by atoms with E-state index in [1.54, 1.807) is 0 Å². The van der Waals surface area contributed by atoms with E-state index in [1.807, 2.05) is 0 Å². The van der Waals surface area contributed by atoms with Gasteiger partial charge in [-0.15, -0.1) is 0 Å². The molecule has 0 spiro atoms. The molecule has 0 aliphatic carbocycles. The highest BCUT2D eigenvalue weighted by molar-refractivity contribution is 7.09. The first-order valence-corrected chi connectivity index (χ1v) is 7.08. The molecule has 0 fully saturated rings. The minimum atomic E-state index is -1.80. The second-order valence-electron chi connectivity index (χ2n) is 0.781. The van der Waals surface area contributed by atoms with E-state index in [0.717, 1.165) is 0 Å². The van der Waals surface area contributed by atoms with E-state index >= 15 is 0 Å². The Bertz CT molecular complexity index is 62.8. The number of halogens is 2. The molecule has 0 saturated heterocycles. The van der Waals surface area contributed by atoms with Gasteiger partial charge in [0.1, 0.15) is 0 Å². The Hall–Kier alpha value is 1.33. The van der Waals surface area contributed by atoms with Crippen LogP contribution in [0.4, 0.5) is 0 Å². The zero-order valence-electron chi connectivity index (χ0n) is 3.98. The van der Waals surface area contributed by atoms with E-state index in [0.29, 0.717) is 0 Å². The normalized spacial score (nSPS) is 11.3. The van der Waals surface area contributed by atoms with Gasteiger partial charge in [0.2, 0.25) is 21.0 Å². The second-order valence-corrected chi connectivity index (χ2v) is 6.03. The predicted octanol–water partition coefficient (Wildman–Crippen LogP) is -0.349. The van der Waals surface area contributed by atoms with Crippen molar-refractivity contribution in [2.24, 2.45) is 0 Å². The number of hydrogen-bond donors (Lipinski definition) is 0. The summed E-state index contributed by atoms with van der Waals surface area (Å²) in [6.07, 6.45) is 0. The Kier molecular flexibility index (Phi) is 6.96. The van der Waals surface area contributed by atoms with Crippen LogP contribution in [0.2, 0.25) is 0 Å². The molecule has 8 radical (unpaired) electrons. The van der Waals surface area contributed by atoms with Crippen LogP contribution in [0.3, 0.4) is 0 Å². The van der Waals surface area contributed by atoms with Crippen molar-refractivity contribution in [2.75, 3.05) is 0 Å². The Morgan fingerprint density at radius 2 is 1.33 bits per heavy atom. The number of hydrogen-bond acceptors (Lipinski definition) is 3. The second kappa shape index (κ2) is 6.06. The van der Waals surface area contributed by atoms with Crippen molar-refractivity contribution in [1.82, 2.24) is 0 Å². The van der Waals surface area contributed by atoms with Crippen molar-refractivity contribution < 1.29 is 12.3 Å². The summed E-state index contributed by atoms with van der Waals surface area (Å²) < 4.78 is 13.6. The van der Waals surface area contributed by atoms with Gasteiger partial charge in [0.15, 0.2) is 0 Å². The lowest BCUT2D eigenvalue weighted by Crippen LogP contribution is -2.25. The van der Waals surface area contributed by atoms with Gasteiger partial charge in [-0.2, -0.15) is 0 Å². The topological polar surface area (TPSA) is 27.7 Å². The summed E-state index contributed by atoms with van der Waals surface area (Å²) in [5.41, 5.74) is 0. The maximum atomic E-state index is 5.39. The molecule has 0 heterocycles. The first-order chi connectivity index (χ1) is 4.20. The fourth-order valence-electron chi connectivity index (χ4n) is 0.105. The van der Waals surface area contributed by atoms with Crippen molar-refractivity contribution in [3.63, 3.8) is 0 Å². The van der Waals surface area contributed by atoms with Crippen LogP contribution in [0.5, 0.6) is 0 Å². The maximum Gasteiger partial charge on any atom is 0.485 e. The standard InChI is InChI=1S/Cl2O3Si4/c1-8(3-6)5-9(2)4-7. The summed E-state index contributed by atoms with van der Waals surface area (Å²) >= 11 is 10.8. The van der Waals surface area contributed by atoms with Gasteiger partial charge in [-0.25, -0.2) is 0 Å². The minimum Gasteiger partial charge on any atom is -0.424 e. The Labute approximate surface area is 72.8 Å². The highest BCUT2D eigenvalue weighted by Crippen LogP contribution is 1.99. The maximum absolute atomic E-state index is 5.39. The summed E-state index contributed by atoms with van der Waals surface area (Å²) in [4.78, 5) is 0. The van der Waals surface area contributed by atoms with Gasteiger partial charge >= 0.3 is 17.2 Å². The van der Waals surface area contributed by atoms with Crippen LogP contribution in [0.15, 0.2) is 0 Å². The summed E-state index contributed by atoms with van der Waals surface area (Å²) in [6, 6.07) is 0. The molecule has 48 valence electrons. The van der Waals surface area contributed by atoms with E-state index in [-0.39, 0.29) is 0 Å². The van der Waals surface area contributed by atoms with Crippen LogP contribution in [-0.2, 0) is 12.3 Å². The molecule has 3 nitrogen and oxygen atoms in total. The molecular weight excluding hydrogens is 231 g/mol. The van der Waals surface area contributed by atoms with Crippen molar-refractivity contribution in [3.8, 4) is 0 Å². The minimum absolute atomic E-state index is 1.80. The Balaban J connectivity index is 3.22. The molecule has 0 saturated carbocycles. The Morgan fingerprint density at radius 3 is 1.56 bits per heavy atom. The zero-order valence-corrected chi connectivity index (χ0v) is 9.49. The third-order valence-electron chi connectivity index (χ3n) is 0.321. The van der Waals surface area contributed by atoms with Crippen LogP contribution in [0.1, 0.15) is 0 Å². The molecule has 0 amide bonds. The van der Waals surface area contributed by atoms with Gasteiger partial charge in [-0.05, 0) is 0 Å². The molecule has 0 aromatic heterocycles. The summed E-state index contributed by atoms with van der Waals surface area (Å²) in [5.74, 6) is 0. The first kappa shape index (κ1) is 10.3. The molecular formula is Cl2O3Si4. The molecule has 0 atom stereocenters. The quantitative estimate of drug-likeness (QED) is 0.489. The third-order valence-corrected chi connectivity index (χ3v) is 5.67. The van der Waals surface area contributed by atoms with E-state index in [9.17, 15) is 0 Å². The molecule has 0 unspecified atom stereocenters. The lowest BCUT2D eigenvalue weighted by Gasteiger charge is -2.06. The monoisotopic (exact) mass is 230 g/mol. The molecule has 0 rings (SSSR count). The zero-order chi connectivity index (χ0) is 7.28. The largest absolute Gasteiger partial charge is 0.485 e. The molecule has 0 aromatic carbocycles. The van der Waals surface area contributed by atoms with Crippen molar-refractivity contribution in [3.05, 3.63) is 0 Å². The highest BCUT2D eigenvalue weighted by Gasteiger charge is 2.18. The average molecular weight is 231 g/mol. The highest BCUT2D eigenvalue weighted by atomic mass is 35.6. The van der Waals surface area contributed by atoms with E-state index in [1.165, 1.54) is 0 Å². The van der Waals surface area contributed by atoms with Crippen molar-refractivity contribution in [2.45, 2.75) is 0 Å². The predicted molar refractivity (Wildman–Crippen MR) is 38.0 cm³/mol. The molecule has 0 N–H and O–H groups in total. The molecule has 0 aliphatic rings. The molecule has 9 heteroatoms. The van der Waals surface area contributed by atoms with Crippen LogP contribution in [0.25, 0.3) is 0 Å². The van der Waals surface area contributed by atoms with Gasteiger partial charge in [-0.3, -0.25) is 0 Å². The molecule has 9 heavy (non-hydrogen) atoms. The van der Waals surface area contributed by atoms with Gasteiger partial charge in [0.05, 0.1) is 0 Å². The third kappa shape index (κ3) is 5.76. The fraction of sp³-hybridized carbons (Fsp3) is 0. The van der Waals surface area contributed by atoms with Gasteiger partial charge in [-0.1, -0.05) is 22.2 Å². The van der Waals surface area contributed by atoms with Crippen LogP contribution in [-0.4, -0.2) is 38.2 Å². The number of rotatable bonds is 4. The van der Waals surface area contributed by atoms with Crippen LogP contribution >= 0.6 is 22.2 Å².